The lowest BCUT2D eigenvalue weighted by Gasteiger charge is -2.06. The average Bonchev–Trinajstić information content (AvgIpc) is 2.42. The molecule has 0 fully saturated rings. The molecule has 0 saturated heterocycles. The van der Waals surface area contributed by atoms with E-state index in [-0.39, 0.29) is 10.5 Å². The summed E-state index contributed by atoms with van der Waals surface area (Å²) < 4.78 is 13.7. The summed E-state index contributed by atoms with van der Waals surface area (Å²) in [5.74, 6) is -1.68. The number of halogens is 2. The van der Waals surface area contributed by atoms with Gasteiger partial charge < -0.3 is 5.11 Å². The summed E-state index contributed by atoms with van der Waals surface area (Å²) in [5.41, 5.74) is 0.295. The van der Waals surface area contributed by atoms with Crippen LogP contribution in [0.1, 0.15) is 15.9 Å². The minimum Gasteiger partial charge on any atom is -0.478 e. The molecule has 6 heteroatoms. The fourth-order valence-corrected chi connectivity index (χ4v) is 2.62. The van der Waals surface area contributed by atoms with Gasteiger partial charge in [0.1, 0.15) is 11.9 Å². The van der Waals surface area contributed by atoms with Gasteiger partial charge in [0.05, 0.1) is 11.1 Å². The third-order valence-corrected chi connectivity index (χ3v) is 3.80. The maximum Gasteiger partial charge on any atom is 0.335 e. The Bertz CT molecular complexity index is 728. The van der Waals surface area contributed by atoms with Gasteiger partial charge in [-0.15, -0.1) is 0 Å². The molecule has 0 amide bonds. The molecule has 0 aliphatic heterocycles. The summed E-state index contributed by atoms with van der Waals surface area (Å²) in [4.78, 5) is 11.5. The smallest absolute Gasteiger partial charge is 0.335 e. The van der Waals surface area contributed by atoms with Crippen LogP contribution in [0.25, 0.3) is 0 Å². The maximum absolute atomic E-state index is 13.7. The standard InChI is InChI=1S/C14H7ClFNO2S/c15-10-2-4-12(9(5-10)7-17)20-13-6-8(14(18)19)1-3-11(13)16/h1-6H,(H,18,19). The van der Waals surface area contributed by atoms with E-state index in [1.165, 1.54) is 18.2 Å². The second-order valence-corrected chi connectivity index (χ2v) is 5.32. The van der Waals surface area contributed by atoms with E-state index in [9.17, 15) is 9.18 Å². The van der Waals surface area contributed by atoms with Crippen LogP contribution in [0.2, 0.25) is 5.02 Å². The topological polar surface area (TPSA) is 61.1 Å². The van der Waals surface area contributed by atoms with Crippen molar-refractivity contribution in [2.24, 2.45) is 0 Å². The Balaban J connectivity index is 2.42. The fourth-order valence-electron chi connectivity index (χ4n) is 1.51. The molecule has 2 aromatic carbocycles. The van der Waals surface area contributed by atoms with E-state index in [4.69, 9.17) is 22.0 Å². The van der Waals surface area contributed by atoms with Crippen molar-refractivity contribution >= 4 is 29.3 Å². The van der Waals surface area contributed by atoms with Crippen molar-refractivity contribution in [1.29, 1.82) is 5.26 Å². The Morgan fingerprint density at radius 3 is 2.65 bits per heavy atom. The molecule has 0 radical (unpaired) electrons. The van der Waals surface area contributed by atoms with E-state index < -0.39 is 11.8 Å². The zero-order valence-corrected chi connectivity index (χ0v) is 11.5. The van der Waals surface area contributed by atoms with Crippen molar-refractivity contribution in [3.8, 4) is 6.07 Å². The SMILES string of the molecule is N#Cc1cc(Cl)ccc1Sc1cc(C(=O)O)ccc1F. The number of aromatic carboxylic acids is 1. The lowest BCUT2D eigenvalue weighted by molar-refractivity contribution is 0.0696. The van der Waals surface area contributed by atoms with Crippen LogP contribution in [0.15, 0.2) is 46.2 Å². The van der Waals surface area contributed by atoms with Gasteiger partial charge in [-0.05, 0) is 36.4 Å². The Kier molecular flexibility index (Phi) is 4.28. The Hall–Kier alpha value is -2.03. The summed E-state index contributed by atoms with van der Waals surface area (Å²) >= 11 is 6.77. The van der Waals surface area contributed by atoms with Crippen molar-refractivity contribution < 1.29 is 14.3 Å². The molecule has 100 valence electrons. The van der Waals surface area contributed by atoms with Crippen molar-refractivity contribution in [3.63, 3.8) is 0 Å². The molecule has 2 rings (SSSR count). The first-order valence-electron chi connectivity index (χ1n) is 5.41. The van der Waals surface area contributed by atoms with Crippen LogP contribution >= 0.6 is 23.4 Å². The predicted octanol–water partition coefficient (Wildman–Crippen LogP) is 4.20. The highest BCUT2D eigenvalue weighted by molar-refractivity contribution is 7.99. The van der Waals surface area contributed by atoms with E-state index in [0.29, 0.717) is 15.5 Å². The fraction of sp³-hybridized carbons (Fsp3) is 0. The van der Waals surface area contributed by atoms with Crippen molar-refractivity contribution in [3.05, 3.63) is 58.4 Å². The van der Waals surface area contributed by atoms with Crippen LogP contribution in [0.3, 0.4) is 0 Å². The number of rotatable bonds is 3. The van der Waals surface area contributed by atoms with E-state index in [2.05, 4.69) is 0 Å². The number of carbonyl (C=O) groups is 1. The number of carboxylic acids is 1. The first kappa shape index (κ1) is 14.4. The second-order valence-electron chi connectivity index (χ2n) is 3.80. The van der Waals surface area contributed by atoms with Gasteiger partial charge in [-0.2, -0.15) is 5.26 Å². The van der Waals surface area contributed by atoms with Crippen LogP contribution < -0.4 is 0 Å². The second kappa shape index (κ2) is 5.95. The summed E-state index contributed by atoms with van der Waals surface area (Å²) in [6.45, 7) is 0. The van der Waals surface area contributed by atoms with Gasteiger partial charge in [-0.1, -0.05) is 23.4 Å². The third-order valence-electron chi connectivity index (χ3n) is 2.46. The normalized spacial score (nSPS) is 10.1. The van der Waals surface area contributed by atoms with Gasteiger partial charge in [0.2, 0.25) is 0 Å². The molecule has 3 nitrogen and oxygen atoms in total. The van der Waals surface area contributed by atoms with Crippen LogP contribution in [-0.4, -0.2) is 11.1 Å². The highest BCUT2D eigenvalue weighted by Gasteiger charge is 2.12. The van der Waals surface area contributed by atoms with Crippen LogP contribution in [-0.2, 0) is 0 Å². The summed E-state index contributed by atoms with van der Waals surface area (Å²) in [6, 6.07) is 10.1. The summed E-state index contributed by atoms with van der Waals surface area (Å²) in [6.07, 6.45) is 0. The van der Waals surface area contributed by atoms with E-state index in [1.807, 2.05) is 6.07 Å². The molecule has 0 aliphatic carbocycles. The lowest BCUT2D eigenvalue weighted by atomic mass is 10.2. The van der Waals surface area contributed by atoms with Crippen molar-refractivity contribution in [2.75, 3.05) is 0 Å². The largest absolute Gasteiger partial charge is 0.478 e. The number of benzene rings is 2. The zero-order chi connectivity index (χ0) is 14.7. The van der Waals surface area contributed by atoms with Gasteiger partial charge in [0, 0.05) is 14.8 Å². The molecule has 0 bridgehead atoms. The van der Waals surface area contributed by atoms with Gasteiger partial charge in [-0.25, -0.2) is 9.18 Å². The first-order valence-corrected chi connectivity index (χ1v) is 6.61. The lowest BCUT2D eigenvalue weighted by Crippen LogP contribution is -1.97. The van der Waals surface area contributed by atoms with E-state index in [0.717, 1.165) is 17.8 Å². The molecule has 1 N–H and O–H groups in total. The van der Waals surface area contributed by atoms with Gasteiger partial charge >= 0.3 is 5.97 Å². The average molecular weight is 308 g/mol. The molecular weight excluding hydrogens is 301 g/mol. The molecule has 0 heterocycles. The highest BCUT2D eigenvalue weighted by atomic mass is 35.5. The number of nitrogens with zero attached hydrogens (tertiary/aromatic N) is 1. The molecule has 2 aromatic rings. The van der Waals surface area contributed by atoms with Gasteiger partial charge in [0.25, 0.3) is 0 Å². The molecule has 0 unspecified atom stereocenters. The van der Waals surface area contributed by atoms with Crippen molar-refractivity contribution in [1.82, 2.24) is 0 Å². The number of nitriles is 1. The molecule has 0 saturated carbocycles. The Morgan fingerprint density at radius 1 is 1.25 bits per heavy atom. The number of hydrogen-bond acceptors (Lipinski definition) is 3. The van der Waals surface area contributed by atoms with Gasteiger partial charge in [0.15, 0.2) is 0 Å². The summed E-state index contributed by atoms with van der Waals surface area (Å²) in [7, 11) is 0. The van der Waals surface area contributed by atoms with E-state index >= 15 is 0 Å². The monoisotopic (exact) mass is 307 g/mol. The molecule has 0 spiro atoms. The Morgan fingerprint density at radius 2 is 2.00 bits per heavy atom. The maximum atomic E-state index is 13.7. The van der Waals surface area contributed by atoms with Gasteiger partial charge in [-0.3, -0.25) is 0 Å². The van der Waals surface area contributed by atoms with Crippen LogP contribution in [0.5, 0.6) is 0 Å². The predicted molar refractivity (Wildman–Crippen MR) is 73.6 cm³/mol. The van der Waals surface area contributed by atoms with Crippen LogP contribution in [0.4, 0.5) is 4.39 Å². The number of hydrogen-bond donors (Lipinski definition) is 1. The number of carboxylic acid groups (broad SMARTS) is 1. The van der Waals surface area contributed by atoms with Crippen LogP contribution in [0, 0.1) is 17.1 Å². The molecule has 0 atom stereocenters. The molecular formula is C14H7ClFNO2S. The Labute approximate surface area is 123 Å². The minimum absolute atomic E-state index is 0.0126. The third kappa shape index (κ3) is 3.10. The first-order chi connectivity index (χ1) is 9.51. The molecule has 20 heavy (non-hydrogen) atoms. The highest BCUT2D eigenvalue weighted by Crippen LogP contribution is 2.33. The van der Waals surface area contributed by atoms with E-state index in [1.54, 1.807) is 12.1 Å². The summed E-state index contributed by atoms with van der Waals surface area (Å²) in [5, 5.41) is 18.3. The molecule has 0 aromatic heterocycles. The quantitative estimate of drug-likeness (QED) is 0.923. The minimum atomic E-state index is -1.14. The zero-order valence-electron chi connectivity index (χ0n) is 9.93. The van der Waals surface area contributed by atoms with Crippen molar-refractivity contribution in [2.45, 2.75) is 9.79 Å². The molecule has 0 aliphatic rings.